The Labute approximate surface area is 166 Å². The molecular formula is C23H30O5. The van der Waals surface area contributed by atoms with Gasteiger partial charge in [0.25, 0.3) is 0 Å². The molecule has 152 valence electrons. The Morgan fingerprint density at radius 3 is 2.43 bits per heavy atom. The van der Waals surface area contributed by atoms with E-state index >= 15 is 0 Å². The van der Waals surface area contributed by atoms with Crippen molar-refractivity contribution in [1.82, 2.24) is 0 Å². The zero-order valence-electron chi connectivity index (χ0n) is 16.5. The lowest BCUT2D eigenvalue weighted by Crippen LogP contribution is -2.25. The number of aliphatic hydroxyl groups is 3. The van der Waals surface area contributed by atoms with Crippen molar-refractivity contribution in [2.75, 3.05) is 7.11 Å². The summed E-state index contributed by atoms with van der Waals surface area (Å²) in [4.78, 5) is 0. The first-order chi connectivity index (χ1) is 13.5. The smallest absolute Gasteiger partial charge is 0.130 e. The fourth-order valence-corrected chi connectivity index (χ4v) is 3.15. The summed E-state index contributed by atoms with van der Waals surface area (Å²) in [6.07, 6.45) is 3.97. The first-order valence-electron chi connectivity index (χ1n) is 9.54. The zero-order valence-corrected chi connectivity index (χ0v) is 16.5. The van der Waals surface area contributed by atoms with Crippen molar-refractivity contribution in [3.05, 3.63) is 71.7 Å². The molecule has 1 aromatic carbocycles. The van der Waals surface area contributed by atoms with Crippen molar-refractivity contribution in [3.63, 3.8) is 0 Å². The van der Waals surface area contributed by atoms with Crippen LogP contribution < -0.4 is 4.74 Å². The van der Waals surface area contributed by atoms with Crippen molar-refractivity contribution in [2.45, 2.75) is 45.0 Å². The summed E-state index contributed by atoms with van der Waals surface area (Å²) in [5, 5.41) is 30.4. The molecule has 5 heteroatoms. The Kier molecular flexibility index (Phi) is 8.51. The average molecular weight is 386 g/mol. The molecule has 5 nitrogen and oxygen atoms in total. The SMILES string of the molecule is C=C[C@H]([C@H](O)CC/C(=C/c1ccc(CO)o1)CC)[C@H](O)c1ccc(OC)cc1. The quantitative estimate of drug-likeness (QED) is 0.503. The van der Waals surface area contributed by atoms with Gasteiger partial charge in [0.15, 0.2) is 0 Å². The predicted molar refractivity (Wildman–Crippen MR) is 110 cm³/mol. The number of ether oxygens (including phenoxy) is 1. The van der Waals surface area contributed by atoms with E-state index in [1.165, 1.54) is 0 Å². The number of hydrogen-bond acceptors (Lipinski definition) is 5. The van der Waals surface area contributed by atoms with Crippen LogP contribution in [-0.4, -0.2) is 28.5 Å². The standard InChI is InChI=1S/C23H30O5/c1-4-16(14-19-11-12-20(15-24)28-19)6-13-22(25)21(5-2)23(26)17-7-9-18(27-3)10-8-17/h5,7-12,14,21-26H,2,4,6,13,15H2,1,3H3/b16-14+/t21-,22-,23-/m1/s1. The minimum absolute atomic E-state index is 0.127. The molecule has 0 amide bonds. The minimum atomic E-state index is -0.843. The molecule has 0 spiro atoms. The second kappa shape index (κ2) is 10.9. The van der Waals surface area contributed by atoms with Gasteiger partial charge < -0.3 is 24.5 Å². The summed E-state index contributed by atoms with van der Waals surface area (Å²) < 4.78 is 10.6. The molecule has 28 heavy (non-hydrogen) atoms. The van der Waals surface area contributed by atoms with E-state index in [4.69, 9.17) is 14.3 Å². The monoisotopic (exact) mass is 386 g/mol. The molecule has 0 bridgehead atoms. The highest BCUT2D eigenvalue weighted by Gasteiger charge is 2.25. The molecular weight excluding hydrogens is 356 g/mol. The Morgan fingerprint density at radius 1 is 1.18 bits per heavy atom. The molecule has 3 atom stereocenters. The summed E-state index contributed by atoms with van der Waals surface area (Å²) in [6.45, 7) is 5.71. The van der Waals surface area contributed by atoms with E-state index in [1.807, 2.05) is 19.1 Å². The maximum absolute atomic E-state index is 10.7. The molecule has 0 unspecified atom stereocenters. The molecule has 1 heterocycles. The van der Waals surface area contributed by atoms with Gasteiger partial charge in [-0.3, -0.25) is 0 Å². The highest BCUT2D eigenvalue weighted by Crippen LogP contribution is 2.30. The molecule has 0 saturated carbocycles. The van der Waals surface area contributed by atoms with E-state index in [9.17, 15) is 10.2 Å². The summed E-state index contributed by atoms with van der Waals surface area (Å²) in [5.41, 5.74) is 1.84. The molecule has 0 aliphatic heterocycles. The van der Waals surface area contributed by atoms with Crippen LogP contribution in [0.3, 0.4) is 0 Å². The fraction of sp³-hybridized carbons (Fsp3) is 0.391. The third-order valence-electron chi connectivity index (χ3n) is 4.94. The van der Waals surface area contributed by atoms with E-state index in [0.29, 0.717) is 35.7 Å². The molecule has 2 rings (SSSR count). The lowest BCUT2D eigenvalue weighted by Gasteiger charge is -2.25. The van der Waals surface area contributed by atoms with Gasteiger partial charge >= 0.3 is 0 Å². The van der Waals surface area contributed by atoms with Crippen molar-refractivity contribution in [2.24, 2.45) is 5.92 Å². The van der Waals surface area contributed by atoms with Crippen molar-refractivity contribution < 1.29 is 24.5 Å². The van der Waals surface area contributed by atoms with E-state index in [1.54, 1.807) is 43.5 Å². The second-order valence-corrected chi connectivity index (χ2v) is 6.76. The number of benzene rings is 1. The normalized spacial score (nSPS) is 15.1. The van der Waals surface area contributed by atoms with E-state index in [0.717, 1.165) is 12.0 Å². The topological polar surface area (TPSA) is 83.1 Å². The van der Waals surface area contributed by atoms with Crippen LogP contribution in [0.25, 0.3) is 6.08 Å². The number of rotatable bonds is 11. The maximum Gasteiger partial charge on any atom is 0.130 e. The molecule has 3 N–H and O–H groups in total. The van der Waals surface area contributed by atoms with Gasteiger partial charge in [0.1, 0.15) is 23.9 Å². The second-order valence-electron chi connectivity index (χ2n) is 6.76. The number of furan rings is 1. The summed E-state index contributed by atoms with van der Waals surface area (Å²) in [7, 11) is 1.59. The summed E-state index contributed by atoms with van der Waals surface area (Å²) in [6, 6.07) is 10.7. The number of hydrogen-bond donors (Lipinski definition) is 3. The Morgan fingerprint density at radius 2 is 1.89 bits per heavy atom. The number of methoxy groups -OCH3 is 1. The van der Waals surface area contributed by atoms with Gasteiger partial charge in [-0.1, -0.05) is 30.7 Å². The van der Waals surface area contributed by atoms with Crippen LogP contribution in [0.1, 0.15) is 49.4 Å². The fourth-order valence-electron chi connectivity index (χ4n) is 3.15. The minimum Gasteiger partial charge on any atom is -0.497 e. The third-order valence-corrected chi connectivity index (χ3v) is 4.94. The van der Waals surface area contributed by atoms with E-state index in [-0.39, 0.29) is 6.61 Å². The average Bonchev–Trinajstić information content (AvgIpc) is 3.19. The van der Waals surface area contributed by atoms with Crippen LogP contribution in [0.15, 0.2) is 59.0 Å². The number of aliphatic hydroxyl groups excluding tert-OH is 3. The van der Waals surface area contributed by atoms with Crippen molar-refractivity contribution >= 4 is 6.08 Å². The Balaban J connectivity index is 2.01. The van der Waals surface area contributed by atoms with Crippen LogP contribution in [-0.2, 0) is 6.61 Å². The van der Waals surface area contributed by atoms with Gasteiger partial charge in [-0.2, -0.15) is 0 Å². The van der Waals surface area contributed by atoms with E-state index in [2.05, 4.69) is 6.58 Å². The van der Waals surface area contributed by atoms with Crippen LogP contribution in [0.5, 0.6) is 5.75 Å². The molecule has 1 aromatic heterocycles. The molecule has 0 aliphatic carbocycles. The van der Waals surface area contributed by atoms with Crippen molar-refractivity contribution in [1.29, 1.82) is 0 Å². The predicted octanol–water partition coefficient (Wildman–Crippen LogP) is 4.25. The highest BCUT2D eigenvalue weighted by molar-refractivity contribution is 5.47. The molecule has 2 aromatic rings. The van der Waals surface area contributed by atoms with E-state index < -0.39 is 18.1 Å². The molecule has 0 aliphatic rings. The molecule has 0 fully saturated rings. The molecule has 0 saturated heterocycles. The Bertz CT molecular complexity index is 760. The summed E-state index contributed by atoms with van der Waals surface area (Å²) >= 11 is 0. The van der Waals surface area contributed by atoms with Crippen LogP contribution >= 0.6 is 0 Å². The van der Waals surface area contributed by atoms with Crippen LogP contribution in [0.2, 0.25) is 0 Å². The van der Waals surface area contributed by atoms with Gasteiger partial charge in [0.2, 0.25) is 0 Å². The zero-order chi connectivity index (χ0) is 20.5. The molecule has 0 radical (unpaired) electrons. The van der Waals surface area contributed by atoms with Crippen LogP contribution in [0.4, 0.5) is 0 Å². The van der Waals surface area contributed by atoms with Gasteiger partial charge in [0.05, 0.1) is 19.3 Å². The lowest BCUT2D eigenvalue weighted by atomic mass is 9.87. The van der Waals surface area contributed by atoms with Gasteiger partial charge in [0, 0.05) is 5.92 Å². The first kappa shape index (κ1) is 22.0. The number of allylic oxidation sites excluding steroid dienone is 1. The third kappa shape index (κ3) is 5.83. The van der Waals surface area contributed by atoms with Crippen molar-refractivity contribution in [3.8, 4) is 5.75 Å². The largest absolute Gasteiger partial charge is 0.497 e. The lowest BCUT2D eigenvalue weighted by molar-refractivity contribution is 0.0318. The van der Waals surface area contributed by atoms with Gasteiger partial charge in [-0.25, -0.2) is 0 Å². The van der Waals surface area contributed by atoms with Gasteiger partial charge in [-0.05, 0) is 55.2 Å². The highest BCUT2D eigenvalue weighted by atomic mass is 16.5. The summed E-state index contributed by atoms with van der Waals surface area (Å²) in [5.74, 6) is 1.45. The Hall–Kier alpha value is -2.34. The maximum atomic E-state index is 10.7. The van der Waals surface area contributed by atoms with Gasteiger partial charge in [-0.15, -0.1) is 6.58 Å². The van der Waals surface area contributed by atoms with Crippen LogP contribution in [0, 0.1) is 5.92 Å². The first-order valence-corrected chi connectivity index (χ1v) is 9.54.